The third-order valence-electron chi connectivity index (χ3n) is 4.36. The highest BCUT2D eigenvalue weighted by molar-refractivity contribution is 5.03. The molecular weight excluding hydrogens is 246 g/mol. The summed E-state index contributed by atoms with van der Waals surface area (Å²) in [7, 11) is 0. The first kappa shape index (κ1) is 17.5. The van der Waals surface area contributed by atoms with Crippen molar-refractivity contribution in [3.05, 3.63) is 0 Å². The summed E-state index contributed by atoms with van der Waals surface area (Å²) < 4.78 is 0. The molecule has 0 aromatic carbocycles. The van der Waals surface area contributed by atoms with Gasteiger partial charge in [0.15, 0.2) is 0 Å². The number of nitrogens with one attached hydrogen (secondary N) is 1. The number of hydrogen-bond acceptors (Lipinski definition) is 3. The molecule has 3 unspecified atom stereocenters. The van der Waals surface area contributed by atoms with Crippen molar-refractivity contribution in [2.75, 3.05) is 26.2 Å². The molecule has 3 atom stereocenters. The maximum atomic E-state index is 9.31. The summed E-state index contributed by atoms with van der Waals surface area (Å²) in [4.78, 5) is 2.61. The van der Waals surface area contributed by atoms with E-state index in [4.69, 9.17) is 0 Å². The van der Waals surface area contributed by atoms with E-state index in [1.165, 1.54) is 32.5 Å². The summed E-state index contributed by atoms with van der Waals surface area (Å²) in [5, 5.41) is 12.7. The number of rotatable bonds is 8. The van der Waals surface area contributed by atoms with Gasteiger partial charge in [0.25, 0.3) is 0 Å². The largest absolute Gasteiger partial charge is 0.303 e. The van der Waals surface area contributed by atoms with Gasteiger partial charge in [-0.1, -0.05) is 20.8 Å². The molecular formula is C17H33N3. The summed E-state index contributed by atoms with van der Waals surface area (Å²) in [5.41, 5.74) is -0.335. The minimum absolute atomic E-state index is 0.335. The van der Waals surface area contributed by atoms with Gasteiger partial charge in [0, 0.05) is 13.1 Å². The SMILES string of the molecule is CCCNC(C)(C#N)CCCCN1CC(C)CC(C)C1. The Bertz CT molecular complexity index is 300. The summed E-state index contributed by atoms with van der Waals surface area (Å²) >= 11 is 0. The standard InChI is InChI=1S/C17H33N3/c1-5-9-19-17(4,14-18)8-6-7-10-20-12-15(2)11-16(3)13-20/h15-16,19H,5-13H2,1-4H3. The van der Waals surface area contributed by atoms with Crippen molar-refractivity contribution < 1.29 is 0 Å². The number of nitriles is 1. The Balaban J connectivity index is 2.22. The fourth-order valence-corrected chi connectivity index (χ4v) is 3.37. The van der Waals surface area contributed by atoms with Gasteiger partial charge in [0.1, 0.15) is 5.54 Å². The number of hydrogen-bond donors (Lipinski definition) is 1. The molecule has 0 bridgehead atoms. The van der Waals surface area contributed by atoms with Crippen LogP contribution in [0.1, 0.15) is 59.8 Å². The predicted octanol–water partition coefficient (Wildman–Crippen LogP) is 3.42. The van der Waals surface area contributed by atoms with Crippen molar-refractivity contribution in [1.29, 1.82) is 5.26 Å². The van der Waals surface area contributed by atoms with Crippen molar-refractivity contribution in [2.24, 2.45) is 11.8 Å². The summed E-state index contributed by atoms with van der Waals surface area (Å²) in [6.45, 7) is 13.6. The molecule has 0 aromatic heterocycles. The summed E-state index contributed by atoms with van der Waals surface area (Å²) in [6.07, 6.45) is 5.78. The zero-order valence-electron chi connectivity index (χ0n) is 13.9. The molecule has 1 aliphatic heterocycles. The Morgan fingerprint density at radius 2 is 1.90 bits per heavy atom. The van der Waals surface area contributed by atoms with Gasteiger partial charge in [0.2, 0.25) is 0 Å². The highest BCUT2D eigenvalue weighted by Gasteiger charge is 2.23. The van der Waals surface area contributed by atoms with Crippen LogP contribution in [0.15, 0.2) is 0 Å². The van der Waals surface area contributed by atoms with Crippen molar-refractivity contribution in [3.63, 3.8) is 0 Å². The highest BCUT2D eigenvalue weighted by atomic mass is 15.1. The van der Waals surface area contributed by atoms with Crippen LogP contribution in [0.25, 0.3) is 0 Å². The first-order chi connectivity index (χ1) is 9.49. The summed E-state index contributed by atoms with van der Waals surface area (Å²) in [5.74, 6) is 1.68. The minimum Gasteiger partial charge on any atom is -0.303 e. The van der Waals surface area contributed by atoms with Crippen molar-refractivity contribution in [3.8, 4) is 6.07 Å². The zero-order chi connectivity index (χ0) is 15.0. The van der Waals surface area contributed by atoms with Crippen LogP contribution in [-0.4, -0.2) is 36.6 Å². The van der Waals surface area contributed by atoms with Gasteiger partial charge >= 0.3 is 0 Å². The molecule has 116 valence electrons. The van der Waals surface area contributed by atoms with Crippen molar-refractivity contribution in [1.82, 2.24) is 10.2 Å². The number of likely N-dealkylation sites (tertiary alicyclic amines) is 1. The van der Waals surface area contributed by atoms with Crippen LogP contribution in [0.4, 0.5) is 0 Å². The molecule has 1 N–H and O–H groups in total. The Labute approximate surface area is 125 Å². The average molecular weight is 279 g/mol. The first-order valence-corrected chi connectivity index (χ1v) is 8.37. The average Bonchev–Trinajstić information content (AvgIpc) is 2.40. The van der Waals surface area contributed by atoms with E-state index in [1.54, 1.807) is 0 Å². The van der Waals surface area contributed by atoms with Gasteiger partial charge in [0.05, 0.1) is 6.07 Å². The van der Waals surface area contributed by atoms with E-state index in [2.05, 4.69) is 37.1 Å². The second-order valence-electron chi connectivity index (χ2n) is 7.03. The lowest BCUT2D eigenvalue weighted by atomic mass is 9.91. The van der Waals surface area contributed by atoms with Crippen molar-refractivity contribution in [2.45, 2.75) is 65.3 Å². The van der Waals surface area contributed by atoms with Crippen LogP contribution in [0.3, 0.4) is 0 Å². The smallest absolute Gasteiger partial charge is 0.103 e. The monoisotopic (exact) mass is 279 g/mol. The molecule has 1 saturated heterocycles. The minimum atomic E-state index is -0.335. The maximum absolute atomic E-state index is 9.31. The highest BCUT2D eigenvalue weighted by Crippen LogP contribution is 2.21. The fourth-order valence-electron chi connectivity index (χ4n) is 3.37. The van der Waals surface area contributed by atoms with Gasteiger partial charge in [-0.15, -0.1) is 0 Å². The van der Waals surface area contributed by atoms with Crippen LogP contribution in [0.5, 0.6) is 0 Å². The third-order valence-corrected chi connectivity index (χ3v) is 4.36. The maximum Gasteiger partial charge on any atom is 0.103 e. The normalized spacial score (nSPS) is 26.9. The van der Waals surface area contributed by atoms with E-state index in [0.29, 0.717) is 0 Å². The van der Waals surface area contributed by atoms with Crippen LogP contribution in [0, 0.1) is 23.2 Å². The van der Waals surface area contributed by atoms with Crippen molar-refractivity contribution >= 4 is 0 Å². The molecule has 1 heterocycles. The molecule has 0 aromatic rings. The molecule has 0 amide bonds. The van der Waals surface area contributed by atoms with Gasteiger partial charge in [-0.3, -0.25) is 5.32 Å². The van der Waals surface area contributed by atoms with E-state index in [0.717, 1.165) is 37.6 Å². The van der Waals surface area contributed by atoms with Crippen LogP contribution in [-0.2, 0) is 0 Å². The van der Waals surface area contributed by atoms with Crippen LogP contribution < -0.4 is 5.32 Å². The lowest BCUT2D eigenvalue weighted by molar-refractivity contribution is 0.138. The second kappa shape index (κ2) is 8.64. The molecule has 0 aliphatic carbocycles. The van der Waals surface area contributed by atoms with E-state index in [-0.39, 0.29) is 5.54 Å². The topological polar surface area (TPSA) is 39.1 Å². The Hall–Kier alpha value is -0.590. The lowest BCUT2D eigenvalue weighted by Gasteiger charge is -2.35. The fraction of sp³-hybridized carbons (Fsp3) is 0.941. The molecule has 0 radical (unpaired) electrons. The molecule has 1 aliphatic rings. The molecule has 1 fully saturated rings. The van der Waals surface area contributed by atoms with E-state index < -0.39 is 0 Å². The van der Waals surface area contributed by atoms with E-state index >= 15 is 0 Å². The quantitative estimate of drug-likeness (QED) is 0.692. The third kappa shape index (κ3) is 6.24. The van der Waals surface area contributed by atoms with Crippen LogP contribution >= 0.6 is 0 Å². The van der Waals surface area contributed by atoms with E-state index in [9.17, 15) is 5.26 Å². The summed E-state index contributed by atoms with van der Waals surface area (Å²) in [6, 6.07) is 2.44. The zero-order valence-corrected chi connectivity index (χ0v) is 13.9. The molecule has 1 rings (SSSR count). The second-order valence-corrected chi connectivity index (χ2v) is 7.03. The van der Waals surface area contributed by atoms with Gasteiger partial charge in [-0.25, -0.2) is 0 Å². The van der Waals surface area contributed by atoms with Gasteiger partial charge in [-0.2, -0.15) is 5.26 Å². The van der Waals surface area contributed by atoms with Gasteiger partial charge in [-0.05, 0) is 64.0 Å². The van der Waals surface area contributed by atoms with E-state index in [1.807, 2.05) is 6.92 Å². The molecule has 3 heteroatoms. The Kier molecular flexibility index (Phi) is 7.55. The predicted molar refractivity (Wildman–Crippen MR) is 85.5 cm³/mol. The number of unbranched alkanes of at least 4 members (excludes halogenated alkanes) is 1. The molecule has 3 nitrogen and oxygen atoms in total. The molecule has 20 heavy (non-hydrogen) atoms. The van der Waals surface area contributed by atoms with Crippen LogP contribution in [0.2, 0.25) is 0 Å². The Morgan fingerprint density at radius 1 is 1.25 bits per heavy atom. The molecule has 0 spiro atoms. The Morgan fingerprint density at radius 3 is 2.45 bits per heavy atom. The lowest BCUT2D eigenvalue weighted by Crippen LogP contribution is -2.42. The number of nitrogens with zero attached hydrogens (tertiary/aromatic N) is 2. The molecule has 0 saturated carbocycles. The number of piperidine rings is 1. The first-order valence-electron chi connectivity index (χ1n) is 8.37. The van der Waals surface area contributed by atoms with Gasteiger partial charge < -0.3 is 4.90 Å².